The highest BCUT2D eigenvalue weighted by molar-refractivity contribution is 9.11. The lowest BCUT2D eigenvalue weighted by atomic mass is 10.4. The zero-order valence-electron chi connectivity index (χ0n) is 12.1. The van der Waals surface area contributed by atoms with Crippen LogP contribution in [0, 0.1) is 6.92 Å². The minimum Gasteiger partial charge on any atom is -0.266 e. The highest BCUT2D eigenvalue weighted by Crippen LogP contribution is 2.34. The Balaban J connectivity index is 1.69. The summed E-state index contributed by atoms with van der Waals surface area (Å²) in [5, 5.41) is 0.725. The van der Waals surface area contributed by atoms with Gasteiger partial charge in [-0.2, -0.15) is 0 Å². The Morgan fingerprint density at radius 2 is 1.83 bits per heavy atom. The SMILES string of the molecule is Cc1nc(-c2ccc(Cl)s2)sc1C(=O)NNC(=O)c1ccc(Br)s1. The van der Waals surface area contributed by atoms with Crippen molar-refractivity contribution in [2.24, 2.45) is 0 Å². The molecule has 2 amide bonds. The molecule has 5 nitrogen and oxygen atoms in total. The molecule has 124 valence electrons. The molecule has 0 aliphatic heterocycles. The van der Waals surface area contributed by atoms with Crippen molar-refractivity contribution in [1.82, 2.24) is 15.8 Å². The molecule has 0 unspecified atom stereocenters. The maximum absolute atomic E-state index is 12.3. The fraction of sp³-hybridized carbons (Fsp3) is 0.0714. The lowest BCUT2D eigenvalue weighted by Gasteiger charge is -2.04. The fourth-order valence-corrected chi connectivity index (χ4v) is 5.15. The summed E-state index contributed by atoms with van der Waals surface area (Å²) in [7, 11) is 0. The number of hydrogen-bond donors (Lipinski definition) is 2. The Morgan fingerprint density at radius 1 is 1.08 bits per heavy atom. The first-order valence-corrected chi connectivity index (χ1v) is 10.1. The number of aryl methyl sites for hydroxylation is 1. The number of amides is 2. The fourth-order valence-electron chi connectivity index (χ4n) is 1.81. The van der Waals surface area contributed by atoms with Gasteiger partial charge < -0.3 is 0 Å². The Hall–Kier alpha value is -1.26. The van der Waals surface area contributed by atoms with Crippen LogP contribution < -0.4 is 10.9 Å². The van der Waals surface area contributed by atoms with E-state index in [0.717, 1.165) is 13.7 Å². The van der Waals surface area contributed by atoms with E-state index >= 15 is 0 Å². The number of aromatic nitrogens is 1. The highest BCUT2D eigenvalue weighted by atomic mass is 79.9. The zero-order valence-corrected chi connectivity index (χ0v) is 16.8. The van der Waals surface area contributed by atoms with Crippen LogP contribution in [0.3, 0.4) is 0 Å². The van der Waals surface area contributed by atoms with Crippen molar-refractivity contribution in [3.8, 4) is 9.88 Å². The smallest absolute Gasteiger partial charge is 0.266 e. The van der Waals surface area contributed by atoms with Gasteiger partial charge in [0.15, 0.2) is 0 Å². The largest absolute Gasteiger partial charge is 0.281 e. The normalized spacial score (nSPS) is 10.6. The van der Waals surface area contributed by atoms with Crippen molar-refractivity contribution in [3.05, 3.63) is 47.8 Å². The van der Waals surface area contributed by atoms with Crippen molar-refractivity contribution >= 4 is 73.4 Å². The number of hydrogen-bond acceptors (Lipinski definition) is 6. The molecule has 0 atom stereocenters. The third-order valence-corrected chi connectivity index (χ3v) is 7.05. The summed E-state index contributed by atoms with van der Waals surface area (Å²) in [6, 6.07) is 7.10. The van der Waals surface area contributed by atoms with Crippen LogP contribution in [0.5, 0.6) is 0 Å². The molecule has 0 spiro atoms. The van der Waals surface area contributed by atoms with E-state index in [1.807, 2.05) is 6.07 Å². The standard InChI is InChI=1S/C14H9BrClN3O2S3/c1-6-11(24-14(17-6)8-3-5-10(16)23-8)13(21)19-18-12(20)7-2-4-9(15)22-7/h2-5H,1H3,(H,18,20)(H,19,21). The van der Waals surface area contributed by atoms with Crippen LogP contribution >= 0.6 is 61.5 Å². The van der Waals surface area contributed by atoms with E-state index in [-0.39, 0.29) is 5.91 Å². The second-order valence-electron chi connectivity index (χ2n) is 4.55. The molecule has 3 rings (SSSR count). The molecular weight excluding hydrogens is 454 g/mol. The third-order valence-electron chi connectivity index (χ3n) is 2.87. The van der Waals surface area contributed by atoms with Gasteiger partial charge in [-0.05, 0) is 47.1 Å². The van der Waals surface area contributed by atoms with Crippen LogP contribution in [0.4, 0.5) is 0 Å². The molecule has 24 heavy (non-hydrogen) atoms. The lowest BCUT2D eigenvalue weighted by Crippen LogP contribution is -2.41. The summed E-state index contributed by atoms with van der Waals surface area (Å²) in [6.07, 6.45) is 0. The summed E-state index contributed by atoms with van der Waals surface area (Å²) >= 11 is 13.2. The first-order valence-electron chi connectivity index (χ1n) is 6.53. The van der Waals surface area contributed by atoms with Gasteiger partial charge in [-0.3, -0.25) is 20.4 Å². The number of hydrazine groups is 1. The number of rotatable bonds is 3. The summed E-state index contributed by atoms with van der Waals surface area (Å²) in [5.74, 6) is -0.769. The molecule has 2 N–H and O–H groups in total. The van der Waals surface area contributed by atoms with Crippen molar-refractivity contribution < 1.29 is 9.59 Å². The van der Waals surface area contributed by atoms with E-state index in [4.69, 9.17) is 11.6 Å². The van der Waals surface area contributed by atoms with E-state index in [2.05, 4.69) is 31.8 Å². The van der Waals surface area contributed by atoms with Gasteiger partial charge in [-0.1, -0.05) is 11.6 Å². The van der Waals surface area contributed by atoms with Gasteiger partial charge in [0.05, 0.1) is 23.6 Å². The predicted molar refractivity (Wildman–Crippen MR) is 102 cm³/mol. The number of thiophene rings is 2. The number of nitrogens with zero attached hydrogens (tertiary/aromatic N) is 1. The Bertz CT molecular complexity index is 918. The van der Waals surface area contributed by atoms with Crippen LogP contribution in [-0.2, 0) is 0 Å². The topological polar surface area (TPSA) is 71.1 Å². The lowest BCUT2D eigenvalue weighted by molar-refractivity contribution is 0.0850. The quantitative estimate of drug-likeness (QED) is 0.553. The summed E-state index contributed by atoms with van der Waals surface area (Å²) in [4.78, 5) is 30.5. The van der Waals surface area contributed by atoms with Gasteiger partial charge >= 0.3 is 0 Å². The number of halogens is 2. The van der Waals surface area contributed by atoms with Gasteiger partial charge in [-0.25, -0.2) is 4.98 Å². The molecule has 0 bridgehead atoms. The number of thiazole rings is 1. The number of carbonyl (C=O) groups excluding carboxylic acids is 2. The number of carbonyl (C=O) groups is 2. The Morgan fingerprint density at radius 3 is 2.46 bits per heavy atom. The molecule has 10 heteroatoms. The first-order chi connectivity index (χ1) is 11.4. The van der Waals surface area contributed by atoms with Gasteiger partial charge in [0.25, 0.3) is 11.8 Å². The van der Waals surface area contributed by atoms with Crippen LogP contribution in [-0.4, -0.2) is 16.8 Å². The van der Waals surface area contributed by atoms with Gasteiger partial charge in [0.2, 0.25) is 0 Å². The molecule has 3 heterocycles. The summed E-state index contributed by atoms with van der Waals surface area (Å²) < 4.78 is 1.51. The minimum atomic E-state index is -0.400. The van der Waals surface area contributed by atoms with Crippen molar-refractivity contribution in [3.63, 3.8) is 0 Å². The zero-order chi connectivity index (χ0) is 17.3. The van der Waals surface area contributed by atoms with Crippen molar-refractivity contribution in [2.45, 2.75) is 6.92 Å². The Kier molecular flexibility index (Phi) is 5.36. The van der Waals surface area contributed by atoms with Crippen molar-refractivity contribution in [1.29, 1.82) is 0 Å². The van der Waals surface area contributed by atoms with Gasteiger partial charge in [-0.15, -0.1) is 34.0 Å². The highest BCUT2D eigenvalue weighted by Gasteiger charge is 2.18. The van der Waals surface area contributed by atoms with E-state index in [1.54, 1.807) is 25.1 Å². The van der Waals surface area contributed by atoms with Crippen LogP contribution in [0.25, 0.3) is 9.88 Å². The van der Waals surface area contributed by atoms with Crippen LogP contribution in [0.1, 0.15) is 25.0 Å². The predicted octanol–water partition coefficient (Wildman–Crippen LogP) is 4.73. The van der Waals surface area contributed by atoms with Crippen LogP contribution in [0.2, 0.25) is 4.34 Å². The Labute approximate surface area is 162 Å². The molecule has 0 saturated carbocycles. The molecular formula is C14H9BrClN3O2S3. The monoisotopic (exact) mass is 461 g/mol. The maximum Gasteiger partial charge on any atom is 0.281 e. The maximum atomic E-state index is 12.3. The summed E-state index contributed by atoms with van der Waals surface area (Å²) in [5.41, 5.74) is 5.42. The average Bonchev–Trinajstić information content (AvgIpc) is 3.24. The molecule has 0 fully saturated rings. The second kappa shape index (κ2) is 7.32. The molecule has 3 aromatic heterocycles. The molecule has 0 saturated heterocycles. The molecule has 0 radical (unpaired) electrons. The number of nitrogens with one attached hydrogen (secondary N) is 2. The van der Waals surface area contributed by atoms with E-state index in [9.17, 15) is 9.59 Å². The molecule has 0 aromatic carbocycles. The molecule has 3 aromatic rings. The van der Waals surface area contributed by atoms with Gasteiger partial charge in [0.1, 0.15) is 9.88 Å². The second-order valence-corrected chi connectivity index (χ2v) is 9.73. The van der Waals surface area contributed by atoms with E-state index in [1.165, 1.54) is 34.0 Å². The van der Waals surface area contributed by atoms with E-state index < -0.39 is 5.91 Å². The van der Waals surface area contributed by atoms with Crippen LogP contribution in [0.15, 0.2) is 28.1 Å². The third kappa shape index (κ3) is 3.86. The molecule has 0 aliphatic rings. The van der Waals surface area contributed by atoms with Gasteiger partial charge in [0, 0.05) is 0 Å². The average molecular weight is 463 g/mol. The van der Waals surface area contributed by atoms with E-state index in [0.29, 0.717) is 19.8 Å². The molecule has 0 aliphatic carbocycles. The minimum absolute atomic E-state index is 0.369. The summed E-state index contributed by atoms with van der Waals surface area (Å²) in [6.45, 7) is 1.75. The first kappa shape index (κ1) is 17.6. The van der Waals surface area contributed by atoms with Crippen molar-refractivity contribution in [2.75, 3.05) is 0 Å².